The summed E-state index contributed by atoms with van der Waals surface area (Å²) in [5.41, 5.74) is 8.54. The molecule has 0 saturated carbocycles. The van der Waals surface area contributed by atoms with Crippen LogP contribution in [0.4, 0.5) is 5.69 Å². The van der Waals surface area contributed by atoms with Crippen LogP contribution in [0.3, 0.4) is 0 Å². The minimum absolute atomic E-state index is 0.105. The van der Waals surface area contributed by atoms with Crippen molar-refractivity contribution in [2.24, 2.45) is 0 Å². The molecule has 0 spiro atoms. The number of nitrogens with two attached hydrogens (primary N) is 1. The second-order valence-corrected chi connectivity index (χ2v) is 2.73. The number of hydrogen-bond donors (Lipinski definition) is 2. The van der Waals surface area contributed by atoms with E-state index in [9.17, 15) is 0 Å². The normalized spacial score (nSPS) is 9.08. The standard InChI is InChI=1S/C11H13NO/c1-2-10-8-9(4-3-7-13)5-6-11(10)12/h5-6,8,13H,2,7,12H2,1H3. The van der Waals surface area contributed by atoms with Gasteiger partial charge in [-0.05, 0) is 30.2 Å². The average Bonchev–Trinajstić information content (AvgIpc) is 2.16. The lowest BCUT2D eigenvalue weighted by atomic mass is 10.1. The second-order valence-electron chi connectivity index (χ2n) is 2.73. The van der Waals surface area contributed by atoms with Gasteiger partial charge in [0.2, 0.25) is 0 Å². The fraction of sp³-hybridized carbons (Fsp3) is 0.273. The predicted molar refractivity (Wildman–Crippen MR) is 54.2 cm³/mol. The molecule has 0 saturated heterocycles. The zero-order chi connectivity index (χ0) is 9.68. The molecule has 0 heterocycles. The van der Waals surface area contributed by atoms with E-state index in [2.05, 4.69) is 18.8 Å². The van der Waals surface area contributed by atoms with Crippen LogP contribution in [0.1, 0.15) is 18.1 Å². The Morgan fingerprint density at radius 3 is 2.85 bits per heavy atom. The highest BCUT2D eigenvalue weighted by Gasteiger charge is 1.96. The first kappa shape index (κ1) is 9.63. The Morgan fingerprint density at radius 2 is 2.23 bits per heavy atom. The molecule has 2 heteroatoms. The SMILES string of the molecule is CCc1cc(C#CCO)ccc1N. The monoisotopic (exact) mass is 175 g/mol. The summed E-state index contributed by atoms with van der Waals surface area (Å²) in [6, 6.07) is 5.66. The number of aliphatic hydroxyl groups excluding tert-OH is 1. The van der Waals surface area contributed by atoms with Crippen LogP contribution in [0.5, 0.6) is 0 Å². The lowest BCUT2D eigenvalue weighted by molar-refractivity contribution is 0.350. The number of aliphatic hydroxyl groups is 1. The maximum atomic E-state index is 8.51. The lowest BCUT2D eigenvalue weighted by Crippen LogP contribution is -1.93. The summed E-state index contributed by atoms with van der Waals surface area (Å²) >= 11 is 0. The van der Waals surface area contributed by atoms with E-state index in [4.69, 9.17) is 10.8 Å². The Morgan fingerprint density at radius 1 is 1.46 bits per heavy atom. The number of aryl methyl sites for hydroxylation is 1. The molecule has 0 aromatic heterocycles. The molecule has 0 aliphatic heterocycles. The Bertz CT molecular complexity index is 347. The number of hydrogen-bond acceptors (Lipinski definition) is 2. The van der Waals surface area contributed by atoms with Crippen LogP contribution in [0.15, 0.2) is 18.2 Å². The maximum Gasteiger partial charge on any atom is 0.104 e. The van der Waals surface area contributed by atoms with Crippen LogP contribution >= 0.6 is 0 Å². The quantitative estimate of drug-likeness (QED) is 0.497. The van der Waals surface area contributed by atoms with E-state index in [1.54, 1.807) is 0 Å². The van der Waals surface area contributed by atoms with Gasteiger partial charge in [-0.15, -0.1) is 0 Å². The molecule has 1 aromatic carbocycles. The van der Waals surface area contributed by atoms with E-state index < -0.39 is 0 Å². The highest BCUT2D eigenvalue weighted by molar-refractivity contribution is 5.52. The van der Waals surface area contributed by atoms with Crippen molar-refractivity contribution in [1.29, 1.82) is 0 Å². The van der Waals surface area contributed by atoms with E-state index in [1.165, 1.54) is 0 Å². The number of anilines is 1. The molecule has 0 aliphatic rings. The molecule has 0 aliphatic carbocycles. The first-order valence-corrected chi connectivity index (χ1v) is 4.26. The van der Waals surface area contributed by atoms with Gasteiger partial charge in [0.25, 0.3) is 0 Å². The third-order valence-electron chi connectivity index (χ3n) is 1.84. The van der Waals surface area contributed by atoms with Gasteiger partial charge in [0, 0.05) is 11.3 Å². The minimum atomic E-state index is -0.105. The van der Waals surface area contributed by atoms with Gasteiger partial charge in [-0.25, -0.2) is 0 Å². The molecule has 0 fully saturated rings. The van der Waals surface area contributed by atoms with Crippen molar-refractivity contribution in [3.05, 3.63) is 29.3 Å². The van der Waals surface area contributed by atoms with Gasteiger partial charge < -0.3 is 10.8 Å². The summed E-state index contributed by atoms with van der Waals surface area (Å²) in [5, 5.41) is 8.51. The van der Waals surface area contributed by atoms with Gasteiger partial charge in [-0.1, -0.05) is 18.8 Å². The lowest BCUT2D eigenvalue weighted by Gasteiger charge is -2.02. The summed E-state index contributed by atoms with van der Waals surface area (Å²) in [4.78, 5) is 0. The Hall–Kier alpha value is -1.46. The number of benzene rings is 1. The fourth-order valence-electron chi connectivity index (χ4n) is 1.13. The number of rotatable bonds is 1. The van der Waals surface area contributed by atoms with Crippen molar-refractivity contribution in [2.75, 3.05) is 12.3 Å². The largest absolute Gasteiger partial charge is 0.399 e. The van der Waals surface area contributed by atoms with Crippen LogP contribution in [0.2, 0.25) is 0 Å². The van der Waals surface area contributed by atoms with Gasteiger partial charge in [-0.2, -0.15) is 0 Å². The number of nitrogen functional groups attached to an aromatic ring is 1. The van der Waals surface area contributed by atoms with E-state index >= 15 is 0 Å². The minimum Gasteiger partial charge on any atom is -0.399 e. The summed E-state index contributed by atoms with van der Waals surface area (Å²) in [6.07, 6.45) is 0.903. The van der Waals surface area contributed by atoms with Crippen LogP contribution < -0.4 is 5.73 Å². The smallest absolute Gasteiger partial charge is 0.104 e. The molecule has 0 amide bonds. The third kappa shape index (κ3) is 2.50. The van der Waals surface area contributed by atoms with Crippen molar-refractivity contribution in [3.63, 3.8) is 0 Å². The van der Waals surface area contributed by atoms with E-state index in [0.29, 0.717) is 0 Å². The van der Waals surface area contributed by atoms with Gasteiger partial charge in [0.15, 0.2) is 0 Å². The van der Waals surface area contributed by atoms with Crippen molar-refractivity contribution in [3.8, 4) is 11.8 Å². The zero-order valence-electron chi connectivity index (χ0n) is 7.67. The molecule has 1 rings (SSSR count). The second kappa shape index (κ2) is 4.54. The van der Waals surface area contributed by atoms with Gasteiger partial charge in [0.05, 0.1) is 0 Å². The Kier molecular flexibility index (Phi) is 3.36. The third-order valence-corrected chi connectivity index (χ3v) is 1.84. The fourth-order valence-corrected chi connectivity index (χ4v) is 1.13. The summed E-state index contributed by atoms with van der Waals surface area (Å²) < 4.78 is 0. The molecule has 0 radical (unpaired) electrons. The Labute approximate surface area is 78.4 Å². The highest BCUT2D eigenvalue weighted by atomic mass is 16.2. The van der Waals surface area contributed by atoms with Crippen molar-refractivity contribution >= 4 is 5.69 Å². The van der Waals surface area contributed by atoms with Crippen molar-refractivity contribution in [2.45, 2.75) is 13.3 Å². The summed E-state index contributed by atoms with van der Waals surface area (Å²) in [5.74, 6) is 5.44. The van der Waals surface area contributed by atoms with Crippen molar-refractivity contribution in [1.82, 2.24) is 0 Å². The van der Waals surface area contributed by atoms with Crippen LogP contribution in [-0.4, -0.2) is 11.7 Å². The van der Waals surface area contributed by atoms with E-state index in [-0.39, 0.29) is 6.61 Å². The van der Waals surface area contributed by atoms with Crippen LogP contribution in [-0.2, 0) is 6.42 Å². The molecular formula is C11H13NO. The van der Waals surface area contributed by atoms with Gasteiger partial charge in [0.1, 0.15) is 6.61 Å². The molecule has 0 atom stereocenters. The van der Waals surface area contributed by atoms with Crippen molar-refractivity contribution < 1.29 is 5.11 Å². The summed E-state index contributed by atoms with van der Waals surface area (Å²) in [7, 11) is 0. The molecule has 0 unspecified atom stereocenters. The summed E-state index contributed by atoms with van der Waals surface area (Å²) in [6.45, 7) is 1.95. The molecule has 3 N–H and O–H groups in total. The first-order valence-electron chi connectivity index (χ1n) is 4.26. The van der Waals surface area contributed by atoms with Gasteiger partial charge >= 0.3 is 0 Å². The molecule has 13 heavy (non-hydrogen) atoms. The van der Waals surface area contributed by atoms with E-state index in [0.717, 1.165) is 23.2 Å². The maximum absolute atomic E-state index is 8.51. The topological polar surface area (TPSA) is 46.2 Å². The molecular weight excluding hydrogens is 162 g/mol. The van der Waals surface area contributed by atoms with Gasteiger partial charge in [-0.3, -0.25) is 0 Å². The van der Waals surface area contributed by atoms with E-state index in [1.807, 2.05) is 18.2 Å². The molecule has 68 valence electrons. The van der Waals surface area contributed by atoms with Crippen LogP contribution in [0, 0.1) is 11.8 Å². The highest BCUT2D eigenvalue weighted by Crippen LogP contribution is 2.13. The molecule has 2 nitrogen and oxygen atoms in total. The first-order chi connectivity index (χ1) is 6.27. The van der Waals surface area contributed by atoms with Crippen LogP contribution in [0.25, 0.3) is 0 Å². The predicted octanol–water partition coefficient (Wildman–Crippen LogP) is 1.17. The molecule has 0 bridgehead atoms. The average molecular weight is 175 g/mol. The Balaban J connectivity index is 2.99. The molecule has 1 aromatic rings. The zero-order valence-corrected chi connectivity index (χ0v) is 7.67.